The van der Waals surface area contributed by atoms with Gasteiger partial charge in [0.2, 0.25) is 0 Å². The number of amides is 1. The molecular weight excluding hydrogens is 312 g/mol. The highest BCUT2D eigenvalue weighted by Gasteiger charge is 2.17. The molecule has 0 heterocycles. The van der Waals surface area contributed by atoms with Crippen LogP contribution >= 0.6 is 0 Å². The standard InChI is InChI=1S/C21H28N2O2/c1-16(9-10-18-7-5-4-6-8-18)23-21(24)17(2)22-15-19-11-13-20(25-3)14-12-19/h4-8,11-14,16-17,22H,9-10,15H2,1-3H3,(H,23,24)/p+1/t16-,17-/m1/s1. The molecule has 0 fully saturated rings. The monoisotopic (exact) mass is 341 g/mol. The van der Waals surface area contributed by atoms with Gasteiger partial charge in [0.05, 0.1) is 7.11 Å². The van der Waals surface area contributed by atoms with Crippen molar-refractivity contribution in [3.63, 3.8) is 0 Å². The van der Waals surface area contributed by atoms with Gasteiger partial charge in [0.15, 0.2) is 6.04 Å². The van der Waals surface area contributed by atoms with E-state index in [2.05, 4.69) is 41.8 Å². The summed E-state index contributed by atoms with van der Waals surface area (Å²) in [4.78, 5) is 12.3. The van der Waals surface area contributed by atoms with E-state index < -0.39 is 0 Å². The first-order valence-corrected chi connectivity index (χ1v) is 8.89. The molecule has 4 nitrogen and oxygen atoms in total. The summed E-state index contributed by atoms with van der Waals surface area (Å²) in [6, 6.07) is 18.4. The molecule has 25 heavy (non-hydrogen) atoms. The van der Waals surface area contributed by atoms with Crippen LogP contribution in [0.25, 0.3) is 0 Å². The Morgan fingerprint density at radius 1 is 1.04 bits per heavy atom. The minimum absolute atomic E-state index is 0.0917. The van der Waals surface area contributed by atoms with E-state index in [-0.39, 0.29) is 18.0 Å². The third-order valence-corrected chi connectivity index (χ3v) is 4.38. The Bertz CT molecular complexity index is 641. The van der Waals surface area contributed by atoms with Gasteiger partial charge in [-0.15, -0.1) is 0 Å². The fourth-order valence-corrected chi connectivity index (χ4v) is 2.66. The molecule has 0 saturated heterocycles. The summed E-state index contributed by atoms with van der Waals surface area (Å²) >= 11 is 0. The number of quaternary nitrogens is 1. The summed E-state index contributed by atoms with van der Waals surface area (Å²) in [5, 5.41) is 5.17. The third-order valence-electron chi connectivity index (χ3n) is 4.38. The zero-order valence-electron chi connectivity index (χ0n) is 15.4. The highest BCUT2D eigenvalue weighted by molar-refractivity contribution is 5.80. The van der Waals surface area contributed by atoms with Crippen LogP contribution in [0.15, 0.2) is 54.6 Å². The van der Waals surface area contributed by atoms with Crippen molar-refractivity contribution in [1.82, 2.24) is 5.32 Å². The van der Waals surface area contributed by atoms with Crippen LogP contribution < -0.4 is 15.4 Å². The van der Waals surface area contributed by atoms with Gasteiger partial charge in [-0.1, -0.05) is 30.3 Å². The average molecular weight is 341 g/mol. The van der Waals surface area contributed by atoms with E-state index in [4.69, 9.17) is 4.74 Å². The predicted molar refractivity (Wildman–Crippen MR) is 100 cm³/mol. The Balaban J connectivity index is 1.71. The van der Waals surface area contributed by atoms with Crippen molar-refractivity contribution in [2.45, 2.75) is 45.3 Å². The Morgan fingerprint density at radius 2 is 1.72 bits per heavy atom. The maximum Gasteiger partial charge on any atom is 0.278 e. The van der Waals surface area contributed by atoms with Crippen LogP contribution in [0.4, 0.5) is 0 Å². The minimum atomic E-state index is -0.110. The van der Waals surface area contributed by atoms with Gasteiger partial charge < -0.3 is 15.4 Å². The van der Waals surface area contributed by atoms with Crippen molar-refractivity contribution in [3.8, 4) is 5.75 Å². The number of hydrogen-bond acceptors (Lipinski definition) is 2. The fraction of sp³-hybridized carbons (Fsp3) is 0.381. The Labute approximate surface area is 150 Å². The summed E-state index contributed by atoms with van der Waals surface area (Å²) in [7, 11) is 1.66. The zero-order chi connectivity index (χ0) is 18.1. The number of hydrogen-bond donors (Lipinski definition) is 2. The van der Waals surface area contributed by atoms with Gasteiger partial charge in [-0.3, -0.25) is 4.79 Å². The lowest BCUT2D eigenvalue weighted by Crippen LogP contribution is -2.90. The van der Waals surface area contributed by atoms with E-state index >= 15 is 0 Å². The van der Waals surface area contributed by atoms with Crippen molar-refractivity contribution in [3.05, 3.63) is 65.7 Å². The lowest BCUT2D eigenvalue weighted by Gasteiger charge is -2.17. The van der Waals surface area contributed by atoms with Crippen LogP contribution in [0.1, 0.15) is 31.4 Å². The second kappa shape index (κ2) is 9.84. The third kappa shape index (κ3) is 6.59. The molecule has 3 N–H and O–H groups in total. The maximum absolute atomic E-state index is 12.3. The number of carbonyl (C=O) groups is 1. The van der Waals surface area contributed by atoms with Gasteiger partial charge in [-0.25, -0.2) is 0 Å². The van der Waals surface area contributed by atoms with Crippen LogP contribution in [0.2, 0.25) is 0 Å². The first kappa shape index (κ1) is 19.0. The number of rotatable bonds is 9. The van der Waals surface area contributed by atoms with Crippen LogP contribution in [0, 0.1) is 0 Å². The molecule has 2 aromatic carbocycles. The van der Waals surface area contributed by atoms with E-state index in [1.165, 1.54) is 11.1 Å². The Hall–Kier alpha value is -2.33. The van der Waals surface area contributed by atoms with E-state index in [9.17, 15) is 4.79 Å². The van der Waals surface area contributed by atoms with Crippen LogP contribution in [0.3, 0.4) is 0 Å². The van der Waals surface area contributed by atoms with Crippen LogP contribution in [0.5, 0.6) is 5.75 Å². The second-order valence-corrected chi connectivity index (χ2v) is 6.51. The molecule has 0 aliphatic heterocycles. The van der Waals surface area contributed by atoms with E-state index in [0.29, 0.717) is 0 Å². The van der Waals surface area contributed by atoms with Gasteiger partial charge in [0, 0.05) is 11.6 Å². The molecule has 0 unspecified atom stereocenters. The largest absolute Gasteiger partial charge is 0.497 e. The normalized spacial score (nSPS) is 13.1. The zero-order valence-corrected chi connectivity index (χ0v) is 15.4. The predicted octanol–water partition coefficient (Wildman–Crippen LogP) is 2.28. The van der Waals surface area contributed by atoms with E-state index in [0.717, 1.165) is 25.1 Å². The molecule has 1 amide bonds. The van der Waals surface area contributed by atoms with Gasteiger partial charge >= 0.3 is 0 Å². The summed E-state index contributed by atoms with van der Waals surface area (Å²) in [5.74, 6) is 0.941. The Morgan fingerprint density at radius 3 is 2.36 bits per heavy atom. The smallest absolute Gasteiger partial charge is 0.278 e. The van der Waals surface area contributed by atoms with Crippen molar-refractivity contribution < 1.29 is 14.8 Å². The van der Waals surface area contributed by atoms with Gasteiger partial charge in [-0.2, -0.15) is 0 Å². The van der Waals surface area contributed by atoms with Gasteiger partial charge in [0.25, 0.3) is 5.91 Å². The molecule has 134 valence electrons. The molecule has 4 heteroatoms. The summed E-state index contributed by atoms with van der Waals surface area (Å²) in [5.41, 5.74) is 2.49. The molecule has 0 saturated carbocycles. The minimum Gasteiger partial charge on any atom is -0.497 e. The molecule has 0 radical (unpaired) electrons. The molecule has 0 spiro atoms. The molecule has 2 aromatic rings. The fourth-order valence-electron chi connectivity index (χ4n) is 2.66. The summed E-state index contributed by atoms with van der Waals surface area (Å²) in [6.45, 7) is 4.79. The number of carbonyl (C=O) groups excluding carboxylic acids is 1. The topological polar surface area (TPSA) is 54.9 Å². The number of nitrogens with one attached hydrogen (secondary N) is 1. The summed E-state index contributed by atoms with van der Waals surface area (Å²) in [6.07, 6.45) is 1.92. The lowest BCUT2D eigenvalue weighted by molar-refractivity contribution is -0.689. The van der Waals surface area contributed by atoms with Crippen molar-refractivity contribution in [2.75, 3.05) is 7.11 Å². The molecule has 0 aromatic heterocycles. The molecule has 2 rings (SSSR count). The van der Waals surface area contributed by atoms with Crippen molar-refractivity contribution in [2.24, 2.45) is 0 Å². The maximum atomic E-state index is 12.3. The Kier molecular flexibility index (Phi) is 7.48. The average Bonchev–Trinajstić information content (AvgIpc) is 2.65. The molecular formula is C21H29N2O2+. The molecule has 0 aliphatic rings. The first-order chi connectivity index (χ1) is 12.1. The number of benzene rings is 2. The number of aryl methyl sites for hydroxylation is 1. The highest BCUT2D eigenvalue weighted by atomic mass is 16.5. The number of methoxy groups -OCH3 is 1. The lowest BCUT2D eigenvalue weighted by atomic mass is 10.1. The summed E-state index contributed by atoms with van der Waals surface area (Å²) < 4.78 is 5.16. The molecule has 0 bridgehead atoms. The van der Waals surface area contributed by atoms with Crippen LogP contribution in [-0.4, -0.2) is 25.1 Å². The van der Waals surface area contributed by atoms with Crippen LogP contribution in [-0.2, 0) is 17.8 Å². The van der Waals surface area contributed by atoms with E-state index in [1.54, 1.807) is 7.11 Å². The van der Waals surface area contributed by atoms with Gasteiger partial charge in [-0.05, 0) is 56.5 Å². The van der Waals surface area contributed by atoms with Crippen molar-refractivity contribution in [1.29, 1.82) is 0 Å². The second-order valence-electron chi connectivity index (χ2n) is 6.51. The SMILES string of the molecule is COc1ccc(C[NH2+][C@H](C)C(=O)N[C@H](C)CCc2ccccc2)cc1. The quantitative estimate of drug-likeness (QED) is 0.735. The molecule has 2 atom stereocenters. The number of nitrogens with two attached hydrogens (primary N) is 1. The molecule has 0 aliphatic carbocycles. The van der Waals surface area contributed by atoms with Crippen molar-refractivity contribution >= 4 is 5.91 Å². The number of ether oxygens (including phenoxy) is 1. The van der Waals surface area contributed by atoms with Gasteiger partial charge in [0.1, 0.15) is 12.3 Å². The van der Waals surface area contributed by atoms with E-state index in [1.807, 2.05) is 37.3 Å². The highest BCUT2D eigenvalue weighted by Crippen LogP contribution is 2.10. The first-order valence-electron chi connectivity index (χ1n) is 8.89.